The van der Waals surface area contributed by atoms with Crippen molar-refractivity contribution in [2.45, 2.75) is 38.5 Å². The average molecular weight is 275 g/mol. The van der Waals surface area contributed by atoms with Crippen LogP contribution in [0.5, 0.6) is 0 Å². The zero-order valence-corrected chi connectivity index (χ0v) is 12.4. The van der Waals surface area contributed by atoms with Crippen molar-refractivity contribution < 1.29 is 9.53 Å². The molecule has 3 nitrogen and oxygen atoms in total. The van der Waals surface area contributed by atoms with Gasteiger partial charge in [0.1, 0.15) is 0 Å². The molecule has 0 radical (unpaired) electrons. The number of hydrogen-bond donors (Lipinski definition) is 1. The second-order valence-corrected chi connectivity index (χ2v) is 5.90. The largest absolute Gasteiger partial charge is 0.384 e. The lowest BCUT2D eigenvalue weighted by atomic mass is 9.69. The highest BCUT2D eigenvalue weighted by molar-refractivity contribution is 5.75. The van der Waals surface area contributed by atoms with Gasteiger partial charge in [0.15, 0.2) is 0 Å². The first-order valence-corrected chi connectivity index (χ1v) is 7.54. The summed E-state index contributed by atoms with van der Waals surface area (Å²) in [7, 11) is 1.74. The lowest BCUT2D eigenvalue weighted by Gasteiger charge is -2.41. The molecule has 20 heavy (non-hydrogen) atoms. The van der Waals surface area contributed by atoms with Crippen molar-refractivity contribution in [3.63, 3.8) is 0 Å². The molecule has 3 heteroatoms. The van der Waals surface area contributed by atoms with Crippen molar-refractivity contribution in [2.75, 3.05) is 20.3 Å². The molecule has 1 N–H and O–H groups in total. The Balaban J connectivity index is 1.63. The fourth-order valence-electron chi connectivity index (χ4n) is 2.83. The number of methoxy groups -OCH3 is 1. The van der Waals surface area contributed by atoms with E-state index in [4.69, 9.17) is 4.74 Å². The number of carbonyl (C=O) groups is 1. The van der Waals surface area contributed by atoms with E-state index < -0.39 is 0 Å². The molecular formula is C17H25NO2. The molecule has 0 bridgehead atoms. The minimum Gasteiger partial charge on any atom is -0.384 e. The van der Waals surface area contributed by atoms with Crippen molar-refractivity contribution in [3.05, 3.63) is 35.9 Å². The number of rotatable bonds is 8. The topological polar surface area (TPSA) is 38.3 Å². The van der Waals surface area contributed by atoms with E-state index in [0.29, 0.717) is 6.42 Å². The van der Waals surface area contributed by atoms with Gasteiger partial charge in [-0.2, -0.15) is 0 Å². The SMILES string of the molecule is COCC1(CNC(=O)CCCc2ccccc2)CCC1. The van der Waals surface area contributed by atoms with Gasteiger partial charge in [0.05, 0.1) is 6.61 Å². The molecule has 1 saturated carbocycles. The first-order valence-electron chi connectivity index (χ1n) is 7.54. The fraction of sp³-hybridized carbons (Fsp3) is 0.588. The van der Waals surface area contributed by atoms with Crippen LogP contribution in [0, 0.1) is 5.41 Å². The molecule has 1 aliphatic rings. The summed E-state index contributed by atoms with van der Waals surface area (Å²) in [5.41, 5.74) is 1.51. The quantitative estimate of drug-likeness (QED) is 0.792. The summed E-state index contributed by atoms with van der Waals surface area (Å²) in [6, 6.07) is 10.3. The summed E-state index contributed by atoms with van der Waals surface area (Å²) in [6.07, 6.45) is 6.09. The number of nitrogens with one attached hydrogen (secondary N) is 1. The highest BCUT2D eigenvalue weighted by Gasteiger charge is 2.37. The highest BCUT2D eigenvalue weighted by atomic mass is 16.5. The lowest BCUT2D eigenvalue weighted by Crippen LogP contribution is -2.45. The van der Waals surface area contributed by atoms with Crippen LogP contribution < -0.4 is 5.32 Å². The van der Waals surface area contributed by atoms with Gasteiger partial charge in [-0.25, -0.2) is 0 Å². The van der Waals surface area contributed by atoms with Crippen LogP contribution >= 0.6 is 0 Å². The summed E-state index contributed by atoms with van der Waals surface area (Å²) in [5.74, 6) is 0.170. The number of carbonyl (C=O) groups excluding carboxylic acids is 1. The number of benzene rings is 1. The van der Waals surface area contributed by atoms with E-state index in [1.165, 1.54) is 24.8 Å². The minimum atomic E-state index is 0.170. The molecule has 0 aliphatic heterocycles. The van der Waals surface area contributed by atoms with E-state index in [9.17, 15) is 4.79 Å². The molecular weight excluding hydrogens is 250 g/mol. The number of aryl methyl sites for hydroxylation is 1. The maximum absolute atomic E-state index is 11.9. The molecule has 0 spiro atoms. The predicted octanol–water partition coefficient (Wildman–Crippen LogP) is 2.94. The van der Waals surface area contributed by atoms with Gasteiger partial charge in [-0.15, -0.1) is 0 Å². The van der Waals surface area contributed by atoms with E-state index in [1.807, 2.05) is 18.2 Å². The van der Waals surface area contributed by atoms with Gasteiger partial charge in [0.2, 0.25) is 5.91 Å². The lowest BCUT2D eigenvalue weighted by molar-refractivity contribution is -0.122. The Labute approximate surface area is 121 Å². The molecule has 0 heterocycles. The summed E-state index contributed by atoms with van der Waals surface area (Å²) in [4.78, 5) is 11.9. The third kappa shape index (κ3) is 4.34. The Morgan fingerprint density at radius 3 is 2.65 bits per heavy atom. The summed E-state index contributed by atoms with van der Waals surface area (Å²) < 4.78 is 5.27. The van der Waals surface area contributed by atoms with E-state index in [1.54, 1.807) is 7.11 Å². The van der Waals surface area contributed by atoms with Gasteiger partial charge < -0.3 is 10.1 Å². The first kappa shape index (κ1) is 15.0. The summed E-state index contributed by atoms with van der Waals surface area (Å²) in [6.45, 7) is 1.53. The predicted molar refractivity (Wildman–Crippen MR) is 80.5 cm³/mol. The van der Waals surface area contributed by atoms with Crippen molar-refractivity contribution in [3.8, 4) is 0 Å². The van der Waals surface area contributed by atoms with E-state index >= 15 is 0 Å². The summed E-state index contributed by atoms with van der Waals surface area (Å²) >= 11 is 0. The van der Waals surface area contributed by atoms with Crippen LogP contribution in [0.25, 0.3) is 0 Å². The maximum Gasteiger partial charge on any atom is 0.220 e. The Hall–Kier alpha value is -1.35. The van der Waals surface area contributed by atoms with Gasteiger partial charge >= 0.3 is 0 Å². The molecule has 0 unspecified atom stereocenters. The molecule has 0 saturated heterocycles. The molecule has 1 amide bonds. The van der Waals surface area contributed by atoms with Crippen molar-refractivity contribution in [2.24, 2.45) is 5.41 Å². The molecule has 1 aromatic rings. The molecule has 2 rings (SSSR count). The second-order valence-electron chi connectivity index (χ2n) is 5.90. The van der Waals surface area contributed by atoms with Crippen LogP contribution in [0.1, 0.15) is 37.7 Å². The molecule has 1 fully saturated rings. The van der Waals surface area contributed by atoms with Gasteiger partial charge in [-0.05, 0) is 31.2 Å². The van der Waals surface area contributed by atoms with Crippen LogP contribution in [0.3, 0.4) is 0 Å². The molecule has 0 atom stereocenters. The zero-order valence-electron chi connectivity index (χ0n) is 12.4. The van der Waals surface area contributed by atoms with Crippen molar-refractivity contribution in [1.29, 1.82) is 0 Å². The smallest absolute Gasteiger partial charge is 0.220 e. The first-order chi connectivity index (χ1) is 9.74. The standard InChI is InChI=1S/C17H25NO2/c1-20-14-17(11-6-12-17)13-18-16(19)10-5-9-15-7-3-2-4-8-15/h2-4,7-8H,5-6,9-14H2,1H3,(H,18,19). The zero-order chi connectivity index (χ0) is 14.3. The van der Waals surface area contributed by atoms with E-state index in [2.05, 4.69) is 17.4 Å². The number of ether oxygens (including phenoxy) is 1. The van der Waals surface area contributed by atoms with Crippen LogP contribution in [0.15, 0.2) is 30.3 Å². The Kier molecular flexibility index (Phi) is 5.60. The Bertz CT molecular complexity index is 412. The van der Waals surface area contributed by atoms with Crippen molar-refractivity contribution >= 4 is 5.91 Å². The third-order valence-electron chi connectivity index (χ3n) is 4.24. The maximum atomic E-state index is 11.9. The van der Waals surface area contributed by atoms with Crippen molar-refractivity contribution in [1.82, 2.24) is 5.32 Å². The van der Waals surface area contributed by atoms with Gasteiger partial charge in [-0.1, -0.05) is 36.8 Å². The van der Waals surface area contributed by atoms with Crippen LogP contribution in [0.2, 0.25) is 0 Å². The van der Waals surface area contributed by atoms with E-state index in [-0.39, 0.29) is 11.3 Å². The Morgan fingerprint density at radius 2 is 2.05 bits per heavy atom. The average Bonchev–Trinajstić information content (AvgIpc) is 2.43. The Morgan fingerprint density at radius 1 is 1.30 bits per heavy atom. The molecule has 0 aromatic heterocycles. The van der Waals surface area contributed by atoms with Gasteiger partial charge in [-0.3, -0.25) is 4.79 Å². The van der Waals surface area contributed by atoms with Crippen LogP contribution in [-0.2, 0) is 16.0 Å². The van der Waals surface area contributed by atoms with Crippen LogP contribution in [0.4, 0.5) is 0 Å². The minimum absolute atomic E-state index is 0.170. The second kappa shape index (κ2) is 7.44. The van der Waals surface area contributed by atoms with Gasteiger partial charge in [0.25, 0.3) is 0 Å². The number of amides is 1. The third-order valence-corrected chi connectivity index (χ3v) is 4.24. The monoisotopic (exact) mass is 275 g/mol. The highest BCUT2D eigenvalue weighted by Crippen LogP contribution is 2.40. The normalized spacial score (nSPS) is 16.4. The molecule has 1 aromatic carbocycles. The summed E-state index contributed by atoms with van der Waals surface area (Å²) in [5, 5.41) is 3.08. The van der Waals surface area contributed by atoms with Crippen LogP contribution in [-0.4, -0.2) is 26.2 Å². The van der Waals surface area contributed by atoms with E-state index in [0.717, 1.165) is 26.0 Å². The van der Waals surface area contributed by atoms with Gasteiger partial charge in [0, 0.05) is 25.5 Å². The molecule has 1 aliphatic carbocycles. The molecule has 110 valence electrons. The fourth-order valence-corrected chi connectivity index (χ4v) is 2.83. The number of hydrogen-bond acceptors (Lipinski definition) is 2.